The smallest absolute Gasteiger partial charge is 0.366 e. The molecule has 5 rings (SSSR count). The van der Waals surface area contributed by atoms with Gasteiger partial charge in [-0.05, 0) is 38.1 Å². The maximum absolute atomic E-state index is 13.4. The molecule has 0 amide bonds. The van der Waals surface area contributed by atoms with Crippen molar-refractivity contribution in [2.75, 3.05) is 38.0 Å². The summed E-state index contributed by atoms with van der Waals surface area (Å²) < 4.78 is 73.5. The molecule has 1 aliphatic heterocycles. The fourth-order valence-electron chi connectivity index (χ4n) is 4.45. The van der Waals surface area contributed by atoms with E-state index < -0.39 is 21.8 Å². The highest BCUT2D eigenvalue weighted by molar-refractivity contribution is 7.91. The number of aromatic nitrogens is 3. The van der Waals surface area contributed by atoms with Gasteiger partial charge in [-0.15, -0.1) is 11.3 Å². The van der Waals surface area contributed by atoms with Gasteiger partial charge in [-0.1, -0.05) is 11.2 Å². The van der Waals surface area contributed by atoms with E-state index in [2.05, 4.69) is 25.3 Å². The molecule has 4 heterocycles. The van der Waals surface area contributed by atoms with Crippen LogP contribution >= 0.6 is 11.3 Å². The van der Waals surface area contributed by atoms with Crippen LogP contribution in [0.2, 0.25) is 0 Å². The first kappa shape index (κ1) is 26.5. The van der Waals surface area contributed by atoms with E-state index in [1.54, 1.807) is 31.2 Å². The van der Waals surface area contributed by atoms with E-state index in [4.69, 9.17) is 4.52 Å². The highest BCUT2D eigenvalue weighted by Crippen LogP contribution is 2.35. The Labute approximate surface area is 221 Å². The number of fused-ring (bicyclic) bond motifs is 1. The third kappa shape index (κ3) is 5.39. The van der Waals surface area contributed by atoms with E-state index in [0.29, 0.717) is 54.6 Å². The van der Waals surface area contributed by atoms with Crippen molar-refractivity contribution in [3.8, 4) is 10.6 Å². The van der Waals surface area contributed by atoms with Crippen molar-refractivity contribution in [1.29, 1.82) is 0 Å². The lowest BCUT2D eigenvalue weighted by Gasteiger charge is -2.35. The first-order valence-electron chi connectivity index (χ1n) is 11.9. The Morgan fingerprint density at radius 2 is 1.89 bits per heavy atom. The third-order valence-electron chi connectivity index (χ3n) is 6.26. The maximum atomic E-state index is 13.4. The monoisotopic (exact) mass is 566 g/mol. The van der Waals surface area contributed by atoms with Crippen molar-refractivity contribution >= 4 is 38.1 Å². The standard InChI is InChI=1S/C24H25F3N6O3S2/c1-15-12-19(36-31-15)20-6-7-21(37-20)38(34,35)33-10-8-32(9-11-33)13-16(2)30-23-17-4-3-5-18(24(25,26)27)22(17)28-14-29-23/h3-7,12,14,16H,8-11,13H2,1-2H3,(H,28,29,30)/t16-/m0/s1. The number of sulfonamides is 1. The lowest BCUT2D eigenvalue weighted by Crippen LogP contribution is -2.50. The SMILES string of the molecule is Cc1cc(-c2ccc(S(=O)(=O)N3CCN(C[C@H](C)Nc4ncnc5c(C(F)(F)F)cccc45)CC3)s2)on1. The number of hydrogen-bond acceptors (Lipinski definition) is 9. The van der Waals surface area contributed by atoms with E-state index in [9.17, 15) is 21.6 Å². The summed E-state index contributed by atoms with van der Waals surface area (Å²) in [5, 5.41) is 7.34. The number of nitrogens with zero attached hydrogens (tertiary/aromatic N) is 5. The molecule has 0 saturated carbocycles. The van der Waals surface area contributed by atoms with Crippen LogP contribution in [0.3, 0.4) is 0 Å². The van der Waals surface area contributed by atoms with Crippen LogP contribution in [-0.2, 0) is 16.2 Å². The van der Waals surface area contributed by atoms with Gasteiger partial charge in [0, 0.05) is 50.2 Å². The van der Waals surface area contributed by atoms with Gasteiger partial charge in [0.2, 0.25) is 0 Å². The van der Waals surface area contributed by atoms with Gasteiger partial charge in [0.25, 0.3) is 10.0 Å². The van der Waals surface area contributed by atoms with E-state index >= 15 is 0 Å². The first-order valence-corrected chi connectivity index (χ1v) is 14.1. The zero-order chi connectivity index (χ0) is 27.1. The number of benzene rings is 1. The second kappa shape index (κ2) is 10.2. The third-order valence-corrected chi connectivity index (χ3v) is 9.73. The molecule has 1 aliphatic rings. The molecule has 0 aliphatic carbocycles. The summed E-state index contributed by atoms with van der Waals surface area (Å²) >= 11 is 1.15. The summed E-state index contributed by atoms with van der Waals surface area (Å²) in [5.41, 5.74) is -0.241. The molecule has 202 valence electrons. The molecule has 1 atom stereocenters. The summed E-state index contributed by atoms with van der Waals surface area (Å²) in [4.78, 5) is 10.8. The van der Waals surface area contributed by atoms with Crippen molar-refractivity contribution in [2.45, 2.75) is 30.3 Å². The molecule has 1 N–H and O–H groups in total. The highest BCUT2D eigenvalue weighted by Gasteiger charge is 2.34. The van der Waals surface area contributed by atoms with Gasteiger partial charge in [-0.2, -0.15) is 17.5 Å². The molecular weight excluding hydrogens is 541 g/mol. The van der Waals surface area contributed by atoms with Crippen molar-refractivity contribution < 1.29 is 26.1 Å². The molecule has 9 nitrogen and oxygen atoms in total. The van der Waals surface area contributed by atoms with Crippen LogP contribution in [0.1, 0.15) is 18.2 Å². The molecule has 0 unspecified atom stereocenters. The fraction of sp³-hybridized carbons (Fsp3) is 0.375. The van der Waals surface area contributed by atoms with Gasteiger partial charge in [-0.3, -0.25) is 4.90 Å². The Balaban J connectivity index is 1.21. The highest BCUT2D eigenvalue weighted by atomic mass is 32.2. The number of anilines is 1. The molecule has 0 radical (unpaired) electrons. The predicted octanol–water partition coefficient (Wildman–Crippen LogP) is 4.48. The number of para-hydroxylation sites is 1. The van der Waals surface area contributed by atoms with Crippen LogP contribution < -0.4 is 5.32 Å². The zero-order valence-corrected chi connectivity index (χ0v) is 22.2. The molecular formula is C24H25F3N6O3S2. The normalized spacial score (nSPS) is 16.7. The van der Waals surface area contributed by atoms with E-state index in [1.807, 2.05) is 6.92 Å². The Bertz CT molecular complexity index is 1550. The number of piperazine rings is 1. The number of halogens is 3. The first-order chi connectivity index (χ1) is 18.0. The lowest BCUT2D eigenvalue weighted by atomic mass is 10.1. The van der Waals surface area contributed by atoms with E-state index in [0.717, 1.165) is 29.4 Å². The number of alkyl halides is 3. The van der Waals surface area contributed by atoms with Crippen LogP contribution in [0.4, 0.5) is 19.0 Å². The predicted molar refractivity (Wildman–Crippen MR) is 137 cm³/mol. The second-order valence-electron chi connectivity index (χ2n) is 9.12. The van der Waals surface area contributed by atoms with Gasteiger partial charge >= 0.3 is 6.18 Å². The van der Waals surface area contributed by atoms with Gasteiger partial charge < -0.3 is 9.84 Å². The molecule has 0 bridgehead atoms. The van der Waals surface area contributed by atoms with Crippen LogP contribution in [0.5, 0.6) is 0 Å². The van der Waals surface area contributed by atoms with Crippen molar-refractivity contribution in [1.82, 2.24) is 24.3 Å². The largest absolute Gasteiger partial charge is 0.418 e. The second-order valence-corrected chi connectivity index (χ2v) is 12.4. The maximum Gasteiger partial charge on any atom is 0.418 e. The Morgan fingerprint density at radius 1 is 1.13 bits per heavy atom. The average molecular weight is 567 g/mol. The van der Waals surface area contributed by atoms with Crippen molar-refractivity contribution in [3.05, 3.63) is 54.0 Å². The Hall–Kier alpha value is -3.07. The van der Waals surface area contributed by atoms with Gasteiger partial charge in [0.05, 0.1) is 21.7 Å². The summed E-state index contributed by atoms with van der Waals surface area (Å²) in [6.45, 7) is 5.97. The van der Waals surface area contributed by atoms with Crippen LogP contribution in [0.15, 0.2) is 51.5 Å². The van der Waals surface area contributed by atoms with Crippen LogP contribution in [0, 0.1) is 6.92 Å². The Morgan fingerprint density at radius 3 is 2.58 bits per heavy atom. The van der Waals surface area contributed by atoms with Crippen molar-refractivity contribution in [3.63, 3.8) is 0 Å². The quantitative estimate of drug-likeness (QED) is 0.349. The number of hydrogen-bond donors (Lipinski definition) is 1. The van der Waals surface area contributed by atoms with Crippen molar-refractivity contribution in [2.24, 2.45) is 0 Å². The van der Waals surface area contributed by atoms with Crippen LogP contribution in [0.25, 0.3) is 21.5 Å². The fourth-order valence-corrected chi connectivity index (χ4v) is 7.28. The topological polar surface area (TPSA) is 104 Å². The van der Waals surface area contributed by atoms with E-state index in [1.165, 1.54) is 10.4 Å². The summed E-state index contributed by atoms with van der Waals surface area (Å²) in [7, 11) is -3.64. The number of thiophene rings is 1. The van der Waals surface area contributed by atoms with Gasteiger partial charge in [0.15, 0.2) is 5.76 Å². The molecule has 38 heavy (non-hydrogen) atoms. The summed E-state index contributed by atoms with van der Waals surface area (Å²) in [5.74, 6) is 0.858. The molecule has 1 saturated heterocycles. The summed E-state index contributed by atoms with van der Waals surface area (Å²) in [6.07, 6.45) is -3.40. The minimum atomic E-state index is -4.52. The minimum absolute atomic E-state index is 0.154. The molecule has 3 aromatic heterocycles. The molecule has 14 heteroatoms. The molecule has 4 aromatic rings. The van der Waals surface area contributed by atoms with E-state index in [-0.39, 0.29) is 15.8 Å². The summed E-state index contributed by atoms with van der Waals surface area (Å²) in [6, 6.07) is 8.81. The number of rotatable bonds is 7. The van der Waals surface area contributed by atoms with Gasteiger partial charge in [0.1, 0.15) is 16.4 Å². The molecule has 0 spiro atoms. The number of nitrogens with one attached hydrogen (secondary N) is 1. The lowest BCUT2D eigenvalue weighted by molar-refractivity contribution is -0.136. The zero-order valence-electron chi connectivity index (χ0n) is 20.6. The van der Waals surface area contributed by atoms with Crippen LogP contribution in [-0.4, -0.2) is 71.5 Å². The van der Waals surface area contributed by atoms with Gasteiger partial charge in [-0.25, -0.2) is 18.4 Å². The minimum Gasteiger partial charge on any atom is -0.366 e. The Kier molecular flexibility index (Phi) is 7.15. The average Bonchev–Trinajstić information content (AvgIpc) is 3.53. The molecule has 1 aromatic carbocycles. The number of aryl methyl sites for hydroxylation is 1. The molecule has 1 fully saturated rings.